The second-order valence-electron chi connectivity index (χ2n) is 9.46. The monoisotopic (exact) mass is 411 g/mol. The maximum atomic E-state index is 12.8. The number of benzene rings is 1. The number of hydrogen-bond donors (Lipinski definition) is 1. The number of fused-ring (bicyclic) bond motifs is 2. The molecule has 0 radical (unpaired) electrons. The van der Waals surface area contributed by atoms with Gasteiger partial charge in [-0.2, -0.15) is 0 Å². The number of halogens is 1. The molecule has 27 heavy (non-hydrogen) atoms. The molecule has 7 heteroatoms. The molecule has 5 nitrogen and oxygen atoms in total. The quantitative estimate of drug-likeness (QED) is 0.692. The van der Waals surface area contributed by atoms with Gasteiger partial charge in [0.2, 0.25) is 0 Å². The summed E-state index contributed by atoms with van der Waals surface area (Å²) in [6, 6.07) is 7.58. The number of carbonyl (C=O) groups is 1. The molecule has 2 heterocycles. The van der Waals surface area contributed by atoms with Crippen molar-refractivity contribution in [3.05, 3.63) is 34.9 Å². The summed E-state index contributed by atoms with van der Waals surface area (Å²) in [5.41, 5.74) is -0.673. The zero-order valence-electron chi connectivity index (χ0n) is 17.0. The van der Waals surface area contributed by atoms with Crippen molar-refractivity contribution in [1.29, 1.82) is 0 Å². The Kier molecular flexibility index (Phi) is 5.17. The maximum absolute atomic E-state index is 12.8. The fourth-order valence-corrected chi connectivity index (χ4v) is 5.65. The summed E-state index contributed by atoms with van der Waals surface area (Å²) in [5, 5.41) is 3.71. The third-order valence-corrected chi connectivity index (χ3v) is 6.14. The Bertz CT molecular complexity index is 721. The molecule has 1 aromatic carbocycles. The van der Waals surface area contributed by atoms with Gasteiger partial charge in [0.05, 0.1) is 6.10 Å². The Labute approximate surface area is 167 Å². The van der Waals surface area contributed by atoms with E-state index in [1.165, 1.54) is 0 Å². The van der Waals surface area contributed by atoms with Gasteiger partial charge in [-0.1, -0.05) is 29.8 Å². The third-order valence-electron chi connectivity index (χ3n) is 4.86. The average Bonchev–Trinajstić information content (AvgIpc) is 2.45. The van der Waals surface area contributed by atoms with E-state index in [9.17, 15) is 4.79 Å². The lowest BCUT2D eigenvalue weighted by molar-refractivity contribution is -0.373. The predicted octanol–water partition coefficient (Wildman–Crippen LogP) is 5.19. The molecule has 3 fully saturated rings. The van der Waals surface area contributed by atoms with Gasteiger partial charge in [-0.15, -0.1) is 0 Å². The van der Waals surface area contributed by atoms with E-state index in [0.29, 0.717) is 11.4 Å². The van der Waals surface area contributed by atoms with Crippen LogP contribution in [0.3, 0.4) is 0 Å². The van der Waals surface area contributed by atoms with Crippen LogP contribution < -0.4 is 5.32 Å². The fraction of sp³-hybridized carbons (Fsp3) is 0.650. The van der Waals surface area contributed by atoms with Crippen molar-refractivity contribution in [2.45, 2.75) is 82.7 Å². The van der Waals surface area contributed by atoms with E-state index in [4.69, 9.17) is 25.5 Å². The molecule has 3 aliphatic rings. The number of ether oxygens (including phenoxy) is 2. The van der Waals surface area contributed by atoms with Crippen LogP contribution in [0.2, 0.25) is 24.7 Å². The lowest BCUT2D eigenvalue weighted by Crippen LogP contribution is -2.76. The van der Waals surface area contributed by atoms with Crippen LogP contribution in [0.5, 0.6) is 0 Å². The Balaban J connectivity index is 2.07. The molecule has 2 unspecified atom stereocenters. The van der Waals surface area contributed by atoms with Gasteiger partial charge in [0, 0.05) is 17.0 Å². The standard InChI is InChI=1S/C20H30ClNO4Si/c1-18(2,3)25-17(23)22-19(15-9-7-8-10-16(15)21)12-11-14-13-20(19,24-14)26-27(4,5)6/h7-10,14H,11-13H2,1-6H3,(H,22,23)/t14?,19-,20?/m1/s1. The number of hydrogen-bond acceptors (Lipinski definition) is 4. The van der Waals surface area contributed by atoms with Crippen molar-refractivity contribution in [3.63, 3.8) is 0 Å². The Morgan fingerprint density at radius 1 is 1.30 bits per heavy atom. The first kappa shape index (κ1) is 20.6. The number of nitrogens with one attached hydrogen (secondary N) is 1. The van der Waals surface area contributed by atoms with E-state index in [-0.39, 0.29) is 6.10 Å². The fourth-order valence-electron chi connectivity index (χ4n) is 4.06. The molecule has 1 aliphatic carbocycles. The zero-order chi connectivity index (χ0) is 20.1. The molecule has 2 saturated heterocycles. The van der Waals surface area contributed by atoms with Gasteiger partial charge in [-0.05, 0) is 59.3 Å². The van der Waals surface area contributed by atoms with Crippen LogP contribution in [0.4, 0.5) is 4.79 Å². The lowest BCUT2D eigenvalue weighted by atomic mass is 9.67. The van der Waals surface area contributed by atoms with Crippen LogP contribution in [0.25, 0.3) is 0 Å². The Hall–Kier alpha value is -1.08. The molecule has 1 aromatic rings. The minimum Gasteiger partial charge on any atom is -0.444 e. The van der Waals surface area contributed by atoms with Crippen LogP contribution in [-0.4, -0.2) is 31.9 Å². The molecular formula is C20H30ClNO4Si. The summed E-state index contributed by atoms with van der Waals surface area (Å²) in [6.45, 7) is 11.9. The molecule has 1 N–H and O–H groups in total. The van der Waals surface area contributed by atoms with Crippen LogP contribution in [0.1, 0.15) is 45.6 Å². The van der Waals surface area contributed by atoms with E-state index in [0.717, 1.165) is 18.4 Å². The molecular weight excluding hydrogens is 382 g/mol. The van der Waals surface area contributed by atoms with Crippen LogP contribution in [0.15, 0.2) is 24.3 Å². The first-order chi connectivity index (χ1) is 12.4. The zero-order valence-corrected chi connectivity index (χ0v) is 18.8. The SMILES string of the molecule is CC(C)(C)OC(=O)N[C@@]1(c2ccccc2Cl)CCC2CC1(O[Si](C)(C)C)O2. The smallest absolute Gasteiger partial charge is 0.408 e. The molecule has 1 saturated carbocycles. The first-order valence-corrected chi connectivity index (χ1v) is 13.3. The van der Waals surface area contributed by atoms with Crippen LogP contribution in [0, 0.1) is 0 Å². The number of amides is 1. The number of carbonyl (C=O) groups excluding carboxylic acids is 1. The summed E-state index contributed by atoms with van der Waals surface area (Å²) in [4.78, 5) is 12.8. The van der Waals surface area contributed by atoms with Crippen molar-refractivity contribution in [3.8, 4) is 0 Å². The topological polar surface area (TPSA) is 56.8 Å². The summed E-state index contributed by atoms with van der Waals surface area (Å²) < 4.78 is 18.4. The van der Waals surface area contributed by atoms with Gasteiger partial charge in [-0.3, -0.25) is 0 Å². The van der Waals surface area contributed by atoms with Gasteiger partial charge < -0.3 is 19.2 Å². The highest BCUT2D eigenvalue weighted by Crippen LogP contribution is 2.58. The Morgan fingerprint density at radius 2 is 1.93 bits per heavy atom. The maximum Gasteiger partial charge on any atom is 0.408 e. The number of rotatable bonds is 4. The molecule has 0 aromatic heterocycles. The summed E-state index contributed by atoms with van der Waals surface area (Å²) in [7, 11) is -1.98. The normalized spacial score (nSPS) is 30.4. The molecule has 2 bridgehead atoms. The molecule has 0 spiro atoms. The van der Waals surface area contributed by atoms with Gasteiger partial charge in [0.25, 0.3) is 0 Å². The van der Waals surface area contributed by atoms with Crippen molar-refractivity contribution in [2.24, 2.45) is 0 Å². The van der Waals surface area contributed by atoms with Crippen LogP contribution >= 0.6 is 11.6 Å². The van der Waals surface area contributed by atoms with E-state index < -0.39 is 31.3 Å². The summed E-state index contributed by atoms with van der Waals surface area (Å²) in [5.74, 6) is -0.914. The van der Waals surface area contributed by atoms with Crippen molar-refractivity contribution < 1.29 is 18.7 Å². The van der Waals surface area contributed by atoms with Crippen molar-refractivity contribution in [2.75, 3.05) is 0 Å². The van der Waals surface area contributed by atoms with Gasteiger partial charge in [0.15, 0.2) is 14.1 Å². The first-order valence-electron chi connectivity index (χ1n) is 9.50. The minimum absolute atomic E-state index is 0.164. The number of alkyl carbamates (subject to hydrolysis) is 1. The highest BCUT2D eigenvalue weighted by molar-refractivity contribution is 6.69. The van der Waals surface area contributed by atoms with E-state index in [2.05, 4.69) is 25.0 Å². The molecule has 4 rings (SSSR count). The van der Waals surface area contributed by atoms with E-state index in [1.807, 2.05) is 45.0 Å². The highest BCUT2D eigenvalue weighted by atomic mass is 35.5. The summed E-state index contributed by atoms with van der Waals surface area (Å²) >= 11 is 6.59. The van der Waals surface area contributed by atoms with Gasteiger partial charge in [0.1, 0.15) is 11.1 Å². The minimum atomic E-state index is -1.98. The van der Waals surface area contributed by atoms with Gasteiger partial charge >= 0.3 is 6.09 Å². The van der Waals surface area contributed by atoms with Crippen molar-refractivity contribution >= 4 is 26.0 Å². The second-order valence-corrected chi connectivity index (χ2v) is 14.3. The van der Waals surface area contributed by atoms with E-state index in [1.54, 1.807) is 0 Å². The van der Waals surface area contributed by atoms with Gasteiger partial charge in [-0.25, -0.2) is 4.79 Å². The lowest BCUT2D eigenvalue weighted by Gasteiger charge is -2.64. The predicted molar refractivity (Wildman–Crippen MR) is 108 cm³/mol. The van der Waals surface area contributed by atoms with Crippen molar-refractivity contribution in [1.82, 2.24) is 5.32 Å². The molecule has 3 atom stereocenters. The average molecular weight is 412 g/mol. The largest absolute Gasteiger partial charge is 0.444 e. The third kappa shape index (κ3) is 4.04. The molecule has 150 valence electrons. The van der Waals surface area contributed by atoms with Crippen LogP contribution in [-0.2, 0) is 19.4 Å². The second kappa shape index (κ2) is 6.76. The highest BCUT2D eigenvalue weighted by Gasteiger charge is 2.68. The summed E-state index contributed by atoms with van der Waals surface area (Å²) in [6.07, 6.45) is 1.92. The molecule has 1 amide bonds. The molecule has 2 aliphatic heterocycles. The Morgan fingerprint density at radius 3 is 2.48 bits per heavy atom. The van der Waals surface area contributed by atoms with E-state index >= 15 is 0 Å².